The first-order valence-electron chi connectivity index (χ1n) is 8.81. The van der Waals surface area contributed by atoms with Crippen LogP contribution in [0.3, 0.4) is 0 Å². The Labute approximate surface area is 161 Å². The van der Waals surface area contributed by atoms with Crippen molar-refractivity contribution in [3.8, 4) is 0 Å². The summed E-state index contributed by atoms with van der Waals surface area (Å²) in [4.78, 5) is 29.7. The molecule has 0 unspecified atom stereocenters. The maximum Gasteiger partial charge on any atom is 0.326 e. The molecule has 6 heteroatoms. The summed E-state index contributed by atoms with van der Waals surface area (Å²) in [7, 11) is 0. The molecule has 5 nitrogen and oxygen atoms in total. The first-order valence-corrected chi connectivity index (χ1v) is 9.63. The van der Waals surface area contributed by atoms with Crippen LogP contribution in [0.2, 0.25) is 0 Å². The Balaban J connectivity index is 2.14. The summed E-state index contributed by atoms with van der Waals surface area (Å²) in [5, 5.41) is 0. The van der Waals surface area contributed by atoms with Gasteiger partial charge in [0.1, 0.15) is 6.54 Å². The van der Waals surface area contributed by atoms with Crippen LogP contribution in [-0.2, 0) is 16.1 Å². The Morgan fingerprint density at radius 1 is 1.11 bits per heavy atom. The number of nitrogens with zero attached hydrogens (tertiary/aromatic N) is 2. The largest absolute Gasteiger partial charge is 0.465 e. The minimum Gasteiger partial charge on any atom is -0.465 e. The molecule has 1 heterocycles. The van der Waals surface area contributed by atoms with E-state index in [9.17, 15) is 9.59 Å². The van der Waals surface area contributed by atoms with Gasteiger partial charge in [-0.05, 0) is 51.0 Å². The van der Waals surface area contributed by atoms with Crippen molar-refractivity contribution in [3.63, 3.8) is 0 Å². The molecular formula is C21H22N2O3S. The Bertz CT molecular complexity index is 1090. The number of thiazole rings is 1. The summed E-state index contributed by atoms with van der Waals surface area (Å²) in [6.07, 6.45) is 0. The van der Waals surface area contributed by atoms with E-state index in [-0.39, 0.29) is 18.4 Å². The third-order valence-corrected chi connectivity index (χ3v) is 5.35. The minimum absolute atomic E-state index is 0.0255. The Morgan fingerprint density at radius 3 is 2.59 bits per heavy atom. The minimum atomic E-state index is -0.346. The van der Waals surface area contributed by atoms with Gasteiger partial charge in [-0.2, -0.15) is 4.99 Å². The number of benzene rings is 2. The van der Waals surface area contributed by atoms with Gasteiger partial charge < -0.3 is 9.30 Å². The van der Waals surface area contributed by atoms with Gasteiger partial charge in [-0.3, -0.25) is 9.59 Å². The zero-order chi connectivity index (χ0) is 19.6. The number of para-hydroxylation sites is 1. The predicted molar refractivity (Wildman–Crippen MR) is 107 cm³/mol. The number of hydrogen-bond acceptors (Lipinski definition) is 4. The zero-order valence-electron chi connectivity index (χ0n) is 15.9. The zero-order valence-corrected chi connectivity index (χ0v) is 16.7. The molecular weight excluding hydrogens is 360 g/mol. The number of aromatic nitrogens is 1. The van der Waals surface area contributed by atoms with Gasteiger partial charge in [0.05, 0.1) is 16.8 Å². The van der Waals surface area contributed by atoms with Crippen LogP contribution in [0.5, 0.6) is 0 Å². The standard InChI is InChI=1S/C21H22N2O3S/c1-5-26-18(24)12-23-19-14(3)7-6-8-17(19)27-21(23)22-20(25)16-10-9-13(2)11-15(16)4/h6-11H,5,12H2,1-4H3. The van der Waals surface area contributed by atoms with Crippen molar-refractivity contribution in [2.24, 2.45) is 4.99 Å². The van der Waals surface area contributed by atoms with Crippen molar-refractivity contribution >= 4 is 33.4 Å². The molecule has 0 fully saturated rings. The first kappa shape index (κ1) is 19.0. The van der Waals surface area contributed by atoms with Crippen LogP contribution < -0.4 is 4.80 Å². The van der Waals surface area contributed by atoms with Gasteiger partial charge in [-0.15, -0.1) is 0 Å². The number of rotatable bonds is 4. The van der Waals surface area contributed by atoms with Gasteiger partial charge in [0.25, 0.3) is 5.91 Å². The number of amides is 1. The first-order chi connectivity index (χ1) is 12.9. The Hall–Kier alpha value is -2.73. The molecule has 1 aromatic heterocycles. The molecule has 0 saturated heterocycles. The van der Waals surface area contributed by atoms with Crippen LogP contribution in [0.15, 0.2) is 41.4 Å². The molecule has 0 bridgehead atoms. The van der Waals surface area contributed by atoms with Crippen LogP contribution in [0.4, 0.5) is 0 Å². The number of fused-ring (bicyclic) bond motifs is 1. The second-order valence-corrected chi connectivity index (χ2v) is 7.44. The molecule has 2 aromatic carbocycles. The highest BCUT2D eigenvalue weighted by Crippen LogP contribution is 2.21. The van der Waals surface area contributed by atoms with Gasteiger partial charge in [0.15, 0.2) is 4.80 Å². The van der Waals surface area contributed by atoms with E-state index in [1.54, 1.807) is 17.6 Å². The fraction of sp³-hybridized carbons (Fsp3) is 0.286. The maximum atomic E-state index is 12.8. The van der Waals surface area contributed by atoms with Gasteiger partial charge >= 0.3 is 5.97 Å². The van der Waals surface area contributed by atoms with E-state index >= 15 is 0 Å². The third kappa shape index (κ3) is 4.01. The molecule has 0 aliphatic heterocycles. The summed E-state index contributed by atoms with van der Waals surface area (Å²) in [5.41, 5.74) is 4.48. The van der Waals surface area contributed by atoms with Crippen LogP contribution in [0.1, 0.15) is 34.0 Å². The van der Waals surface area contributed by atoms with Crippen molar-refractivity contribution in [1.29, 1.82) is 0 Å². The average Bonchev–Trinajstić information content (AvgIpc) is 2.93. The highest BCUT2D eigenvalue weighted by Gasteiger charge is 2.15. The fourth-order valence-electron chi connectivity index (χ4n) is 3.08. The van der Waals surface area contributed by atoms with E-state index in [1.165, 1.54) is 11.3 Å². The van der Waals surface area contributed by atoms with Crippen molar-refractivity contribution in [3.05, 3.63) is 63.5 Å². The second-order valence-electron chi connectivity index (χ2n) is 6.43. The Kier molecular flexibility index (Phi) is 5.56. The molecule has 3 rings (SSSR count). The average molecular weight is 382 g/mol. The van der Waals surface area contributed by atoms with Crippen LogP contribution in [0, 0.1) is 20.8 Å². The van der Waals surface area contributed by atoms with E-state index in [0.717, 1.165) is 26.9 Å². The predicted octanol–water partition coefficient (Wildman–Crippen LogP) is 3.93. The lowest BCUT2D eigenvalue weighted by Crippen LogP contribution is -2.23. The lowest BCUT2D eigenvalue weighted by molar-refractivity contribution is -0.143. The Morgan fingerprint density at radius 2 is 1.89 bits per heavy atom. The number of aryl methyl sites for hydroxylation is 3. The van der Waals surface area contributed by atoms with Gasteiger partial charge in [0.2, 0.25) is 0 Å². The van der Waals surface area contributed by atoms with E-state index in [1.807, 2.05) is 51.1 Å². The van der Waals surface area contributed by atoms with E-state index in [2.05, 4.69) is 4.99 Å². The molecule has 0 spiro atoms. The summed E-state index contributed by atoms with van der Waals surface area (Å²) < 4.78 is 7.85. The molecule has 0 radical (unpaired) electrons. The van der Waals surface area contributed by atoms with E-state index in [0.29, 0.717) is 17.0 Å². The van der Waals surface area contributed by atoms with Crippen LogP contribution >= 0.6 is 11.3 Å². The second kappa shape index (κ2) is 7.88. The highest BCUT2D eigenvalue weighted by atomic mass is 32.1. The van der Waals surface area contributed by atoms with E-state index < -0.39 is 0 Å². The summed E-state index contributed by atoms with van der Waals surface area (Å²) >= 11 is 1.40. The van der Waals surface area contributed by atoms with E-state index in [4.69, 9.17) is 4.74 Å². The highest BCUT2D eigenvalue weighted by molar-refractivity contribution is 7.16. The number of carbonyl (C=O) groups excluding carboxylic acids is 2. The molecule has 0 saturated carbocycles. The lowest BCUT2D eigenvalue weighted by Gasteiger charge is -2.07. The fourth-order valence-corrected chi connectivity index (χ4v) is 4.18. The monoisotopic (exact) mass is 382 g/mol. The SMILES string of the molecule is CCOC(=O)Cn1c(=NC(=O)c2ccc(C)cc2C)sc2cccc(C)c21. The smallest absolute Gasteiger partial charge is 0.326 e. The molecule has 27 heavy (non-hydrogen) atoms. The molecule has 0 atom stereocenters. The number of carbonyl (C=O) groups is 2. The van der Waals surface area contributed by atoms with Crippen LogP contribution in [0.25, 0.3) is 10.2 Å². The molecule has 3 aromatic rings. The van der Waals surface area contributed by atoms with Crippen LogP contribution in [-0.4, -0.2) is 23.1 Å². The van der Waals surface area contributed by atoms with Crippen molar-refractivity contribution in [2.45, 2.75) is 34.2 Å². The van der Waals surface area contributed by atoms with Gasteiger partial charge in [-0.25, -0.2) is 0 Å². The maximum absolute atomic E-state index is 12.8. The molecule has 0 aliphatic rings. The quantitative estimate of drug-likeness (QED) is 0.642. The summed E-state index contributed by atoms with van der Waals surface area (Å²) in [6, 6.07) is 11.6. The summed E-state index contributed by atoms with van der Waals surface area (Å²) in [6.45, 7) is 7.98. The lowest BCUT2D eigenvalue weighted by atomic mass is 10.1. The number of esters is 1. The van der Waals surface area contributed by atoms with Gasteiger partial charge in [0, 0.05) is 5.56 Å². The number of hydrogen-bond donors (Lipinski definition) is 0. The van der Waals surface area contributed by atoms with Crippen molar-refractivity contribution in [2.75, 3.05) is 6.61 Å². The number of ether oxygens (including phenoxy) is 1. The van der Waals surface area contributed by atoms with Gasteiger partial charge in [-0.1, -0.05) is 41.2 Å². The molecule has 140 valence electrons. The normalized spacial score (nSPS) is 11.8. The third-order valence-electron chi connectivity index (χ3n) is 4.30. The molecule has 0 aliphatic carbocycles. The van der Waals surface area contributed by atoms with Crippen molar-refractivity contribution < 1.29 is 14.3 Å². The topological polar surface area (TPSA) is 60.7 Å². The molecule has 1 amide bonds. The van der Waals surface area contributed by atoms with Crippen molar-refractivity contribution in [1.82, 2.24) is 4.57 Å². The summed E-state index contributed by atoms with van der Waals surface area (Å²) in [5.74, 6) is -0.657. The molecule has 0 N–H and O–H groups in total.